The molecule has 0 radical (unpaired) electrons. The Bertz CT molecular complexity index is 424. The molecule has 2 amide bonds. The van der Waals surface area contributed by atoms with Crippen molar-refractivity contribution >= 4 is 12.3 Å². The molecule has 1 aromatic heterocycles. The smallest absolute Gasteiger partial charge is 0.259 e. The Labute approximate surface area is 105 Å². The highest BCUT2D eigenvalue weighted by Gasteiger charge is 2.33. The Morgan fingerprint density at radius 1 is 1.61 bits per heavy atom. The molecule has 1 aliphatic heterocycles. The second-order valence-electron chi connectivity index (χ2n) is 4.13. The van der Waals surface area contributed by atoms with Gasteiger partial charge in [-0.15, -0.1) is 0 Å². The zero-order valence-corrected chi connectivity index (χ0v) is 9.82. The van der Waals surface area contributed by atoms with Crippen LogP contribution in [-0.2, 0) is 9.59 Å². The van der Waals surface area contributed by atoms with E-state index in [9.17, 15) is 14.7 Å². The van der Waals surface area contributed by atoms with Gasteiger partial charge in [0.15, 0.2) is 6.10 Å². The standard InChI is InChI=1S/C12H15N3O3/c16-8-14-10-5-3-7-15(10)12(18)11(17)9-4-1-2-6-13-9/h1-2,4,6,8,10-11,17H,3,5,7H2,(H,14,16). The molecule has 1 saturated heterocycles. The van der Waals surface area contributed by atoms with Crippen molar-refractivity contribution in [3.8, 4) is 0 Å². The van der Waals surface area contributed by atoms with Gasteiger partial charge in [0.2, 0.25) is 6.41 Å². The van der Waals surface area contributed by atoms with Gasteiger partial charge >= 0.3 is 0 Å². The summed E-state index contributed by atoms with van der Waals surface area (Å²) in [6.07, 6.45) is 2.01. The van der Waals surface area contributed by atoms with E-state index in [1.807, 2.05) is 0 Å². The summed E-state index contributed by atoms with van der Waals surface area (Å²) in [7, 11) is 0. The van der Waals surface area contributed by atoms with E-state index in [2.05, 4.69) is 10.3 Å². The van der Waals surface area contributed by atoms with Crippen LogP contribution in [-0.4, -0.2) is 40.0 Å². The lowest BCUT2D eigenvalue weighted by atomic mass is 10.2. The molecule has 1 fully saturated rings. The zero-order chi connectivity index (χ0) is 13.0. The van der Waals surface area contributed by atoms with E-state index >= 15 is 0 Å². The van der Waals surface area contributed by atoms with E-state index in [-0.39, 0.29) is 6.17 Å². The number of likely N-dealkylation sites (tertiary alicyclic amines) is 1. The second kappa shape index (κ2) is 5.59. The van der Waals surface area contributed by atoms with E-state index in [1.54, 1.807) is 18.2 Å². The molecule has 0 saturated carbocycles. The lowest BCUT2D eigenvalue weighted by Gasteiger charge is -2.26. The maximum absolute atomic E-state index is 12.1. The van der Waals surface area contributed by atoms with Gasteiger partial charge < -0.3 is 15.3 Å². The Morgan fingerprint density at radius 3 is 3.11 bits per heavy atom. The van der Waals surface area contributed by atoms with Crippen molar-refractivity contribution in [2.24, 2.45) is 0 Å². The molecule has 18 heavy (non-hydrogen) atoms. The summed E-state index contributed by atoms with van der Waals surface area (Å²) in [5.74, 6) is -0.425. The maximum atomic E-state index is 12.1. The van der Waals surface area contributed by atoms with Gasteiger partial charge in [-0.3, -0.25) is 14.6 Å². The number of nitrogens with zero attached hydrogens (tertiary/aromatic N) is 2. The number of pyridine rings is 1. The van der Waals surface area contributed by atoms with Crippen molar-refractivity contribution in [1.82, 2.24) is 15.2 Å². The molecule has 6 heteroatoms. The summed E-state index contributed by atoms with van der Waals surface area (Å²) in [4.78, 5) is 28.0. The lowest BCUT2D eigenvalue weighted by Crippen LogP contribution is -2.46. The van der Waals surface area contributed by atoms with Crippen LogP contribution in [0, 0.1) is 0 Å². The van der Waals surface area contributed by atoms with E-state index < -0.39 is 12.0 Å². The summed E-state index contributed by atoms with van der Waals surface area (Å²) in [5.41, 5.74) is 0.319. The molecular formula is C12H15N3O3. The number of hydrogen-bond donors (Lipinski definition) is 2. The summed E-state index contributed by atoms with van der Waals surface area (Å²) < 4.78 is 0. The first-order valence-corrected chi connectivity index (χ1v) is 5.83. The molecule has 1 aromatic rings. The molecule has 6 nitrogen and oxygen atoms in total. The number of aliphatic hydroxyl groups excluding tert-OH is 1. The third-order valence-corrected chi connectivity index (χ3v) is 3.00. The van der Waals surface area contributed by atoms with Crippen molar-refractivity contribution in [3.05, 3.63) is 30.1 Å². The maximum Gasteiger partial charge on any atom is 0.259 e. The quantitative estimate of drug-likeness (QED) is 0.724. The van der Waals surface area contributed by atoms with Gasteiger partial charge in [-0.1, -0.05) is 6.07 Å². The predicted molar refractivity (Wildman–Crippen MR) is 63.1 cm³/mol. The number of rotatable bonds is 4. The van der Waals surface area contributed by atoms with Gasteiger partial charge in [-0.05, 0) is 25.0 Å². The minimum atomic E-state index is -1.28. The molecule has 1 aliphatic rings. The average Bonchev–Trinajstić information content (AvgIpc) is 2.87. The summed E-state index contributed by atoms with van der Waals surface area (Å²) in [5, 5.41) is 12.5. The summed E-state index contributed by atoms with van der Waals surface area (Å²) >= 11 is 0. The number of carbonyl (C=O) groups is 2. The Balaban J connectivity index is 2.09. The number of hydrogen-bond acceptors (Lipinski definition) is 4. The summed E-state index contributed by atoms with van der Waals surface area (Å²) in [6, 6.07) is 5.03. The first-order chi connectivity index (χ1) is 8.74. The first-order valence-electron chi connectivity index (χ1n) is 5.83. The molecule has 0 bridgehead atoms. The summed E-state index contributed by atoms with van der Waals surface area (Å²) in [6.45, 7) is 0.536. The van der Waals surface area contributed by atoms with E-state index in [0.29, 0.717) is 25.1 Å². The van der Waals surface area contributed by atoms with Gasteiger partial charge in [-0.2, -0.15) is 0 Å². The van der Waals surface area contributed by atoms with Crippen molar-refractivity contribution in [3.63, 3.8) is 0 Å². The third kappa shape index (κ3) is 2.48. The van der Waals surface area contributed by atoms with E-state index in [1.165, 1.54) is 11.1 Å². The van der Waals surface area contributed by atoms with Gasteiger partial charge in [-0.25, -0.2) is 0 Å². The van der Waals surface area contributed by atoms with Gasteiger partial charge in [0, 0.05) is 12.7 Å². The fourth-order valence-corrected chi connectivity index (χ4v) is 2.10. The third-order valence-electron chi connectivity index (χ3n) is 3.00. The lowest BCUT2D eigenvalue weighted by molar-refractivity contribution is -0.142. The SMILES string of the molecule is O=CNC1CCCN1C(=O)C(O)c1ccccn1. The van der Waals surface area contributed by atoms with Crippen LogP contribution in [0.15, 0.2) is 24.4 Å². The Hall–Kier alpha value is -1.95. The molecule has 2 unspecified atom stereocenters. The van der Waals surface area contributed by atoms with Crippen molar-refractivity contribution < 1.29 is 14.7 Å². The fraction of sp³-hybridized carbons (Fsp3) is 0.417. The molecule has 2 heterocycles. The number of carbonyl (C=O) groups excluding carboxylic acids is 2. The highest BCUT2D eigenvalue weighted by Crippen LogP contribution is 2.20. The molecular weight excluding hydrogens is 234 g/mol. The van der Waals surface area contributed by atoms with Crippen LogP contribution in [0.3, 0.4) is 0 Å². The van der Waals surface area contributed by atoms with E-state index in [0.717, 1.165) is 6.42 Å². The minimum Gasteiger partial charge on any atom is -0.377 e. The average molecular weight is 249 g/mol. The van der Waals surface area contributed by atoms with Crippen LogP contribution >= 0.6 is 0 Å². The van der Waals surface area contributed by atoms with Gasteiger partial charge in [0.25, 0.3) is 5.91 Å². The van der Waals surface area contributed by atoms with Crippen molar-refractivity contribution in [1.29, 1.82) is 0 Å². The molecule has 96 valence electrons. The van der Waals surface area contributed by atoms with E-state index in [4.69, 9.17) is 0 Å². The van der Waals surface area contributed by atoms with Crippen molar-refractivity contribution in [2.75, 3.05) is 6.54 Å². The highest BCUT2D eigenvalue weighted by atomic mass is 16.3. The first kappa shape index (κ1) is 12.5. The number of aliphatic hydroxyl groups is 1. The normalized spacial score (nSPS) is 20.5. The second-order valence-corrected chi connectivity index (χ2v) is 4.13. The largest absolute Gasteiger partial charge is 0.377 e. The number of amides is 2. The number of nitrogens with one attached hydrogen (secondary N) is 1. The van der Waals surface area contributed by atoms with Crippen LogP contribution < -0.4 is 5.32 Å². The van der Waals surface area contributed by atoms with Crippen LogP contribution in [0.2, 0.25) is 0 Å². The molecule has 0 aromatic carbocycles. The van der Waals surface area contributed by atoms with Crippen LogP contribution in [0.25, 0.3) is 0 Å². The van der Waals surface area contributed by atoms with Gasteiger partial charge in [0.1, 0.15) is 6.17 Å². The molecule has 2 N–H and O–H groups in total. The number of aromatic nitrogens is 1. The predicted octanol–water partition coefficient (Wildman–Crippen LogP) is -0.191. The van der Waals surface area contributed by atoms with Crippen LogP contribution in [0.4, 0.5) is 0 Å². The monoisotopic (exact) mass is 249 g/mol. The minimum absolute atomic E-state index is 0.319. The van der Waals surface area contributed by atoms with Crippen LogP contribution in [0.1, 0.15) is 24.6 Å². The molecule has 0 spiro atoms. The zero-order valence-electron chi connectivity index (χ0n) is 9.82. The van der Waals surface area contributed by atoms with Crippen LogP contribution in [0.5, 0.6) is 0 Å². The molecule has 2 atom stereocenters. The molecule has 0 aliphatic carbocycles. The fourth-order valence-electron chi connectivity index (χ4n) is 2.10. The molecule has 2 rings (SSSR count). The Kier molecular flexibility index (Phi) is 3.88. The topological polar surface area (TPSA) is 82.5 Å². The van der Waals surface area contributed by atoms with Gasteiger partial charge in [0.05, 0.1) is 5.69 Å². The highest BCUT2D eigenvalue weighted by molar-refractivity contribution is 5.82. The van der Waals surface area contributed by atoms with Crippen molar-refractivity contribution in [2.45, 2.75) is 25.1 Å². The Morgan fingerprint density at radius 2 is 2.44 bits per heavy atom.